The zero-order valence-electron chi connectivity index (χ0n) is 16.9. The minimum absolute atomic E-state index is 0.0435. The van der Waals surface area contributed by atoms with Gasteiger partial charge in [-0.15, -0.1) is 0 Å². The van der Waals surface area contributed by atoms with Gasteiger partial charge in [-0.05, 0) is 56.5 Å². The van der Waals surface area contributed by atoms with Gasteiger partial charge in [-0.25, -0.2) is 0 Å². The third-order valence-electron chi connectivity index (χ3n) is 5.40. The molecular formula is C23H29N3O2. The Morgan fingerprint density at radius 2 is 1.75 bits per heavy atom. The molecule has 0 radical (unpaired) electrons. The quantitative estimate of drug-likeness (QED) is 0.837. The van der Waals surface area contributed by atoms with Gasteiger partial charge in [-0.2, -0.15) is 0 Å². The molecule has 1 aliphatic carbocycles. The highest BCUT2D eigenvalue weighted by Gasteiger charge is 2.25. The highest BCUT2D eigenvalue weighted by Crippen LogP contribution is 2.33. The van der Waals surface area contributed by atoms with Crippen LogP contribution in [-0.2, 0) is 16.0 Å². The van der Waals surface area contributed by atoms with E-state index in [1.165, 1.54) is 16.0 Å². The van der Waals surface area contributed by atoms with Crippen molar-refractivity contribution in [3.05, 3.63) is 65.2 Å². The largest absolute Gasteiger partial charge is 0.335 e. The Labute approximate surface area is 167 Å². The number of benzene rings is 2. The number of nitrogens with zero attached hydrogens (tertiary/aromatic N) is 2. The fourth-order valence-electron chi connectivity index (χ4n) is 3.77. The molecule has 0 saturated carbocycles. The van der Waals surface area contributed by atoms with Crippen molar-refractivity contribution >= 4 is 17.5 Å². The van der Waals surface area contributed by atoms with Crippen LogP contribution in [0.4, 0.5) is 5.69 Å². The van der Waals surface area contributed by atoms with E-state index in [-0.39, 0.29) is 24.4 Å². The maximum atomic E-state index is 12.6. The first-order chi connectivity index (χ1) is 13.4. The van der Waals surface area contributed by atoms with E-state index in [4.69, 9.17) is 0 Å². The maximum Gasteiger partial charge on any atom is 0.243 e. The van der Waals surface area contributed by atoms with E-state index in [0.29, 0.717) is 6.54 Å². The van der Waals surface area contributed by atoms with Crippen LogP contribution in [0.2, 0.25) is 0 Å². The summed E-state index contributed by atoms with van der Waals surface area (Å²) in [6.07, 6.45) is 3.29. The number of likely N-dealkylation sites (N-methyl/N-ethyl adjacent to an activating group) is 2. The van der Waals surface area contributed by atoms with Gasteiger partial charge in [0.05, 0.1) is 13.1 Å². The summed E-state index contributed by atoms with van der Waals surface area (Å²) in [5.74, 6) is -0.241. The van der Waals surface area contributed by atoms with Crippen LogP contribution in [0.1, 0.15) is 35.6 Å². The first kappa shape index (κ1) is 20.1. The monoisotopic (exact) mass is 379 g/mol. The first-order valence-corrected chi connectivity index (χ1v) is 9.82. The van der Waals surface area contributed by atoms with E-state index in [2.05, 4.69) is 34.5 Å². The molecule has 0 fully saturated rings. The number of nitrogens with one attached hydrogen (secondary N) is 1. The molecule has 2 aromatic rings. The Bertz CT molecular complexity index is 832. The lowest BCUT2D eigenvalue weighted by Gasteiger charge is -2.33. The molecule has 148 valence electrons. The molecule has 2 amide bonds. The second-order valence-corrected chi connectivity index (χ2v) is 7.69. The predicted octanol–water partition coefficient (Wildman–Crippen LogP) is 3.40. The number of hydrogen-bond acceptors (Lipinski definition) is 3. The average Bonchev–Trinajstić information content (AvgIpc) is 2.69. The van der Waals surface area contributed by atoms with E-state index in [1.807, 2.05) is 38.2 Å². The molecule has 2 aromatic carbocycles. The molecule has 28 heavy (non-hydrogen) atoms. The second-order valence-electron chi connectivity index (χ2n) is 7.69. The van der Waals surface area contributed by atoms with Gasteiger partial charge in [0.1, 0.15) is 0 Å². The zero-order valence-corrected chi connectivity index (χ0v) is 16.9. The lowest BCUT2D eigenvalue weighted by atomic mass is 9.87. The van der Waals surface area contributed by atoms with Crippen LogP contribution in [0.3, 0.4) is 0 Å². The summed E-state index contributed by atoms with van der Waals surface area (Å²) in [6.45, 7) is 2.34. The van der Waals surface area contributed by atoms with Gasteiger partial charge >= 0.3 is 0 Å². The fourth-order valence-corrected chi connectivity index (χ4v) is 3.77. The van der Waals surface area contributed by atoms with Crippen LogP contribution in [-0.4, -0.2) is 48.8 Å². The molecule has 0 saturated heterocycles. The van der Waals surface area contributed by atoms with Crippen LogP contribution in [0.5, 0.6) is 0 Å². The third kappa shape index (κ3) is 4.98. The van der Waals surface area contributed by atoms with E-state index in [1.54, 1.807) is 7.05 Å². The zero-order chi connectivity index (χ0) is 20.1. The Hall–Kier alpha value is -2.66. The van der Waals surface area contributed by atoms with Crippen LogP contribution >= 0.6 is 0 Å². The number of fused-ring (bicyclic) bond motifs is 1. The Morgan fingerprint density at radius 1 is 1.04 bits per heavy atom. The van der Waals surface area contributed by atoms with Gasteiger partial charge in [-0.3, -0.25) is 14.5 Å². The van der Waals surface area contributed by atoms with Gasteiger partial charge in [0.25, 0.3) is 0 Å². The van der Waals surface area contributed by atoms with Gasteiger partial charge in [0, 0.05) is 18.8 Å². The molecule has 0 unspecified atom stereocenters. The Kier molecular flexibility index (Phi) is 6.47. The molecule has 5 heteroatoms. The Morgan fingerprint density at radius 3 is 2.50 bits per heavy atom. The van der Waals surface area contributed by atoms with Gasteiger partial charge < -0.3 is 10.2 Å². The van der Waals surface area contributed by atoms with E-state index >= 15 is 0 Å². The van der Waals surface area contributed by atoms with Crippen LogP contribution in [0.25, 0.3) is 0 Å². The number of carbonyl (C=O) groups is 2. The predicted molar refractivity (Wildman–Crippen MR) is 112 cm³/mol. The molecule has 0 heterocycles. The summed E-state index contributed by atoms with van der Waals surface area (Å²) in [4.78, 5) is 28.5. The summed E-state index contributed by atoms with van der Waals surface area (Å²) in [5, 5.41) is 2.84. The second kappa shape index (κ2) is 9.02. The molecule has 0 spiro atoms. The molecule has 1 atom stereocenters. The molecule has 5 nitrogen and oxygen atoms in total. The SMILES string of the molecule is Cc1ccc(NC(=O)CN(C)C(=O)CN(C)[C@@H]2CCCc3ccccc32)cc1. The van der Waals surface area contributed by atoms with Crippen molar-refractivity contribution in [3.63, 3.8) is 0 Å². The number of rotatable bonds is 6. The maximum absolute atomic E-state index is 12.6. The van der Waals surface area contributed by atoms with E-state index < -0.39 is 0 Å². The molecular weight excluding hydrogens is 350 g/mol. The van der Waals surface area contributed by atoms with Gasteiger partial charge in [0.2, 0.25) is 11.8 Å². The third-order valence-corrected chi connectivity index (χ3v) is 5.40. The summed E-state index contributed by atoms with van der Waals surface area (Å²) in [7, 11) is 3.67. The number of hydrogen-bond donors (Lipinski definition) is 1. The Balaban J connectivity index is 1.54. The molecule has 1 N–H and O–H groups in total. The van der Waals surface area contributed by atoms with E-state index in [0.717, 1.165) is 30.5 Å². The van der Waals surface area contributed by atoms with Crippen LogP contribution in [0.15, 0.2) is 48.5 Å². The molecule has 0 bridgehead atoms. The van der Waals surface area contributed by atoms with Crippen molar-refractivity contribution in [3.8, 4) is 0 Å². The first-order valence-electron chi connectivity index (χ1n) is 9.82. The van der Waals surface area contributed by atoms with Gasteiger partial charge in [0.15, 0.2) is 0 Å². The normalized spacial score (nSPS) is 15.8. The molecule has 3 rings (SSSR count). The number of amides is 2. The van der Waals surface area contributed by atoms with Crippen molar-refractivity contribution in [1.29, 1.82) is 0 Å². The lowest BCUT2D eigenvalue weighted by molar-refractivity contribution is -0.134. The van der Waals surface area contributed by atoms with Crippen LogP contribution < -0.4 is 5.32 Å². The molecule has 1 aliphatic rings. The van der Waals surface area contributed by atoms with Crippen molar-refractivity contribution in [1.82, 2.24) is 9.80 Å². The fraction of sp³-hybridized carbons (Fsp3) is 0.391. The number of carbonyl (C=O) groups excluding carboxylic acids is 2. The number of anilines is 1. The van der Waals surface area contributed by atoms with Crippen molar-refractivity contribution in [2.75, 3.05) is 32.5 Å². The van der Waals surface area contributed by atoms with Crippen molar-refractivity contribution in [2.24, 2.45) is 0 Å². The summed E-state index contributed by atoms with van der Waals surface area (Å²) in [6, 6.07) is 16.4. The standard InChI is InChI=1S/C23H29N3O2/c1-17-11-13-19(14-12-17)24-22(27)15-26(3)23(28)16-25(2)21-10-6-8-18-7-4-5-9-20(18)21/h4-5,7,9,11-14,21H,6,8,10,15-16H2,1-3H3,(H,24,27)/t21-/m1/s1. The average molecular weight is 380 g/mol. The highest BCUT2D eigenvalue weighted by molar-refractivity contribution is 5.94. The van der Waals surface area contributed by atoms with Crippen LogP contribution in [0, 0.1) is 6.92 Å². The lowest BCUT2D eigenvalue weighted by Crippen LogP contribution is -2.42. The minimum atomic E-state index is -0.189. The smallest absolute Gasteiger partial charge is 0.243 e. The molecule has 0 aliphatic heterocycles. The number of aryl methyl sites for hydroxylation is 2. The summed E-state index contributed by atoms with van der Waals surface area (Å²) in [5.41, 5.74) is 4.58. The summed E-state index contributed by atoms with van der Waals surface area (Å²) < 4.78 is 0. The minimum Gasteiger partial charge on any atom is -0.335 e. The highest BCUT2D eigenvalue weighted by atomic mass is 16.2. The van der Waals surface area contributed by atoms with E-state index in [9.17, 15) is 9.59 Å². The summed E-state index contributed by atoms with van der Waals surface area (Å²) >= 11 is 0. The van der Waals surface area contributed by atoms with Crippen molar-refractivity contribution < 1.29 is 9.59 Å². The topological polar surface area (TPSA) is 52.7 Å². The van der Waals surface area contributed by atoms with Crippen molar-refractivity contribution in [2.45, 2.75) is 32.2 Å². The van der Waals surface area contributed by atoms with Gasteiger partial charge in [-0.1, -0.05) is 42.0 Å². The molecule has 0 aromatic heterocycles.